The second kappa shape index (κ2) is 5.72. The molecule has 106 valence electrons. The molecule has 2 fully saturated rings. The first-order valence-corrected chi connectivity index (χ1v) is 7.52. The first kappa shape index (κ1) is 13.3. The fraction of sp³-hybridized carbons (Fsp3) is 0.562. The summed E-state index contributed by atoms with van der Waals surface area (Å²) in [6.45, 7) is 4.60. The van der Waals surface area contributed by atoms with E-state index in [-0.39, 0.29) is 0 Å². The van der Waals surface area contributed by atoms with Gasteiger partial charge in [-0.3, -0.25) is 4.90 Å². The zero-order valence-electron chi connectivity index (χ0n) is 11.9. The summed E-state index contributed by atoms with van der Waals surface area (Å²) in [4.78, 5) is 5.08. The Bertz CT molecular complexity index is 520. The second-order valence-corrected chi connectivity index (χ2v) is 5.85. The molecule has 2 aliphatic rings. The van der Waals surface area contributed by atoms with Gasteiger partial charge in [-0.15, -0.1) is 0 Å². The van der Waals surface area contributed by atoms with Gasteiger partial charge in [-0.25, -0.2) is 0 Å². The zero-order valence-corrected chi connectivity index (χ0v) is 11.9. The molecule has 2 heterocycles. The van der Waals surface area contributed by atoms with Crippen molar-refractivity contribution in [2.24, 2.45) is 0 Å². The third kappa shape index (κ3) is 2.59. The van der Waals surface area contributed by atoms with E-state index in [9.17, 15) is 0 Å². The average Bonchev–Trinajstić information content (AvgIpc) is 2.49. The quantitative estimate of drug-likeness (QED) is 0.835. The topological polar surface area (TPSA) is 56.3 Å². The van der Waals surface area contributed by atoms with Crippen LogP contribution in [0.15, 0.2) is 18.2 Å². The number of nitrogens with two attached hydrogens (primary N) is 1. The van der Waals surface area contributed by atoms with Crippen LogP contribution in [0, 0.1) is 11.3 Å². The minimum absolute atomic E-state index is 0.392. The van der Waals surface area contributed by atoms with Crippen LogP contribution < -0.4 is 10.6 Å². The number of nitriles is 1. The summed E-state index contributed by atoms with van der Waals surface area (Å²) in [7, 11) is 0. The van der Waals surface area contributed by atoms with Crippen molar-refractivity contribution in [1.29, 1.82) is 5.26 Å². The first-order chi connectivity index (χ1) is 9.78. The van der Waals surface area contributed by atoms with E-state index < -0.39 is 0 Å². The van der Waals surface area contributed by atoms with Crippen LogP contribution in [0.3, 0.4) is 0 Å². The molecule has 0 spiro atoms. The number of fused-ring (bicyclic) bond motifs is 1. The number of nitrogen functional groups attached to an aromatic ring is 1. The van der Waals surface area contributed by atoms with E-state index in [1.165, 1.54) is 31.5 Å². The minimum atomic E-state index is 0.392. The zero-order chi connectivity index (χ0) is 13.9. The molecule has 0 amide bonds. The Labute approximate surface area is 120 Å². The fourth-order valence-electron chi connectivity index (χ4n) is 3.42. The minimum Gasteiger partial charge on any atom is -0.398 e. The highest BCUT2D eigenvalue weighted by Gasteiger charge is 2.28. The number of anilines is 2. The Morgan fingerprint density at radius 1 is 1.25 bits per heavy atom. The number of benzene rings is 1. The Hall–Kier alpha value is -1.73. The average molecular weight is 270 g/mol. The van der Waals surface area contributed by atoms with Crippen LogP contribution in [0.2, 0.25) is 0 Å². The van der Waals surface area contributed by atoms with E-state index in [0.717, 1.165) is 30.9 Å². The van der Waals surface area contributed by atoms with Crippen LogP contribution in [-0.4, -0.2) is 37.1 Å². The van der Waals surface area contributed by atoms with Gasteiger partial charge in [-0.2, -0.15) is 5.26 Å². The summed E-state index contributed by atoms with van der Waals surface area (Å²) in [5.74, 6) is 0. The molecule has 0 saturated carbocycles. The van der Waals surface area contributed by atoms with E-state index in [4.69, 9.17) is 11.0 Å². The van der Waals surface area contributed by atoms with Crippen molar-refractivity contribution in [2.75, 3.05) is 36.8 Å². The molecule has 0 aliphatic carbocycles. The lowest BCUT2D eigenvalue weighted by Crippen LogP contribution is -2.54. The van der Waals surface area contributed by atoms with Gasteiger partial charge in [-0.05, 0) is 43.1 Å². The molecule has 1 aromatic rings. The highest BCUT2D eigenvalue weighted by atomic mass is 15.3. The molecule has 2 aliphatic heterocycles. The molecule has 2 saturated heterocycles. The molecule has 20 heavy (non-hydrogen) atoms. The van der Waals surface area contributed by atoms with Crippen LogP contribution in [-0.2, 0) is 6.42 Å². The summed E-state index contributed by atoms with van der Waals surface area (Å²) in [6, 6.07) is 9.02. The van der Waals surface area contributed by atoms with E-state index in [1.807, 2.05) is 6.07 Å². The number of piperidine rings is 1. The highest BCUT2D eigenvalue weighted by molar-refractivity contribution is 5.59. The SMILES string of the molecule is N#CCc1cc(N2CCN3CCCCC3C2)ccc1N. The van der Waals surface area contributed by atoms with Gasteiger partial charge in [0.05, 0.1) is 12.5 Å². The van der Waals surface area contributed by atoms with Gasteiger partial charge >= 0.3 is 0 Å². The highest BCUT2D eigenvalue weighted by Crippen LogP contribution is 2.27. The van der Waals surface area contributed by atoms with Gasteiger partial charge in [0.15, 0.2) is 0 Å². The molecule has 3 rings (SSSR count). The van der Waals surface area contributed by atoms with Crippen LogP contribution in [0.1, 0.15) is 24.8 Å². The molecule has 4 heteroatoms. The maximum Gasteiger partial charge on any atom is 0.0670 e. The van der Waals surface area contributed by atoms with Gasteiger partial charge in [0.1, 0.15) is 0 Å². The van der Waals surface area contributed by atoms with Crippen LogP contribution in [0.5, 0.6) is 0 Å². The van der Waals surface area contributed by atoms with Crippen molar-refractivity contribution in [3.63, 3.8) is 0 Å². The molecule has 1 aromatic carbocycles. The summed E-state index contributed by atoms with van der Waals surface area (Å²) >= 11 is 0. The van der Waals surface area contributed by atoms with Crippen molar-refractivity contribution in [3.05, 3.63) is 23.8 Å². The van der Waals surface area contributed by atoms with Crippen molar-refractivity contribution in [2.45, 2.75) is 31.7 Å². The van der Waals surface area contributed by atoms with Crippen LogP contribution in [0.25, 0.3) is 0 Å². The third-order valence-corrected chi connectivity index (χ3v) is 4.60. The van der Waals surface area contributed by atoms with Crippen LogP contribution >= 0.6 is 0 Å². The molecular weight excluding hydrogens is 248 g/mol. The summed E-state index contributed by atoms with van der Waals surface area (Å²) in [6.07, 6.45) is 4.42. The second-order valence-electron chi connectivity index (χ2n) is 5.85. The van der Waals surface area contributed by atoms with Crippen molar-refractivity contribution in [3.8, 4) is 6.07 Å². The molecule has 2 N–H and O–H groups in total. The first-order valence-electron chi connectivity index (χ1n) is 7.52. The lowest BCUT2D eigenvalue weighted by molar-refractivity contribution is 0.133. The number of rotatable bonds is 2. The fourth-order valence-corrected chi connectivity index (χ4v) is 3.42. The van der Waals surface area contributed by atoms with Crippen LogP contribution in [0.4, 0.5) is 11.4 Å². The maximum absolute atomic E-state index is 8.87. The lowest BCUT2D eigenvalue weighted by atomic mass is 9.99. The van der Waals surface area contributed by atoms with Gasteiger partial charge in [0.25, 0.3) is 0 Å². The smallest absolute Gasteiger partial charge is 0.0670 e. The van der Waals surface area contributed by atoms with E-state index in [1.54, 1.807) is 0 Å². The lowest BCUT2D eigenvalue weighted by Gasteiger charge is -2.45. The number of piperazine rings is 1. The molecule has 0 aromatic heterocycles. The van der Waals surface area contributed by atoms with Crippen molar-refractivity contribution in [1.82, 2.24) is 4.90 Å². The standard InChI is InChI=1S/C16H22N4/c17-7-6-13-11-14(4-5-16(13)18)20-10-9-19-8-2-1-3-15(19)12-20/h4-5,11,15H,1-3,6,8-10,12,18H2. The molecule has 0 bridgehead atoms. The third-order valence-electron chi connectivity index (χ3n) is 4.60. The predicted molar refractivity (Wildman–Crippen MR) is 81.6 cm³/mol. The van der Waals surface area contributed by atoms with Gasteiger partial charge in [0.2, 0.25) is 0 Å². The number of hydrogen-bond donors (Lipinski definition) is 1. The maximum atomic E-state index is 8.87. The van der Waals surface area contributed by atoms with E-state index in [2.05, 4.69) is 28.0 Å². The van der Waals surface area contributed by atoms with E-state index >= 15 is 0 Å². The summed E-state index contributed by atoms with van der Waals surface area (Å²) in [5, 5.41) is 8.87. The Morgan fingerprint density at radius 2 is 2.15 bits per heavy atom. The molecule has 1 unspecified atom stereocenters. The van der Waals surface area contributed by atoms with Gasteiger partial charge < -0.3 is 10.6 Å². The number of nitrogens with zero attached hydrogens (tertiary/aromatic N) is 3. The van der Waals surface area contributed by atoms with Crippen molar-refractivity contribution < 1.29 is 0 Å². The molecule has 1 atom stereocenters. The Kier molecular flexibility index (Phi) is 3.79. The Balaban J connectivity index is 1.76. The molecule has 4 nitrogen and oxygen atoms in total. The summed E-state index contributed by atoms with van der Waals surface area (Å²) in [5.41, 5.74) is 8.83. The van der Waals surface area contributed by atoms with Crippen molar-refractivity contribution >= 4 is 11.4 Å². The van der Waals surface area contributed by atoms with E-state index in [0.29, 0.717) is 12.5 Å². The Morgan fingerprint density at radius 3 is 3.00 bits per heavy atom. The molecular formula is C16H22N4. The molecule has 0 radical (unpaired) electrons. The number of hydrogen-bond acceptors (Lipinski definition) is 4. The van der Waals surface area contributed by atoms with Gasteiger partial charge in [0, 0.05) is 37.1 Å². The largest absolute Gasteiger partial charge is 0.398 e. The predicted octanol–water partition coefficient (Wildman–Crippen LogP) is 2.01. The normalized spacial score (nSPS) is 23.1. The monoisotopic (exact) mass is 270 g/mol. The van der Waals surface area contributed by atoms with Gasteiger partial charge in [-0.1, -0.05) is 6.42 Å². The summed E-state index contributed by atoms with van der Waals surface area (Å²) < 4.78 is 0.